The summed E-state index contributed by atoms with van der Waals surface area (Å²) in [6.45, 7) is 4.53. The average molecular weight is 112 g/mol. The van der Waals surface area contributed by atoms with Crippen LogP contribution in [0, 0.1) is 5.92 Å². The largest absolute Gasteiger partial charge is 0.380 e. The molecule has 1 saturated heterocycles. The summed E-state index contributed by atoms with van der Waals surface area (Å²) < 4.78 is 4.79. The minimum absolute atomic E-state index is 0.108. The first-order valence-electron chi connectivity index (χ1n) is 2.58. The lowest BCUT2D eigenvalue weighted by atomic mass is 10.0. The van der Waals surface area contributed by atoms with Crippen LogP contribution in [0.1, 0.15) is 0 Å². The number of allylic oxidation sites excluding steroid dienone is 1. The molecule has 8 heavy (non-hydrogen) atoms. The van der Waals surface area contributed by atoms with E-state index in [1.165, 1.54) is 6.08 Å². The van der Waals surface area contributed by atoms with Crippen LogP contribution in [0.3, 0.4) is 0 Å². The molecule has 0 saturated carbocycles. The Hall–Kier alpha value is -0.630. The molecule has 2 heteroatoms. The van der Waals surface area contributed by atoms with Crippen LogP contribution in [-0.2, 0) is 9.53 Å². The van der Waals surface area contributed by atoms with Crippen LogP contribution in [0.25, 0.3) is 0 Å². The number of carbonyl (C=O) groups is 1. The molecule has 0 N–H and O–H groups in total. The van der Waals surface area contributed by atoms with E-state index in [4.69, 9.17) is 4.74 Å². The second-order valence-corrected chi connectivity index (χ2v) is 1.84. The smallest absolute Gasteiger partial charge is 0.162 e. The molecule has 0 aromatic rings. The summed E-state index contributed by atoms with van der Waals surface area (Å²) in [5.41, 5.74) is 0. The number of hydrogen-bond donors (Lipinski definition) is 0. The summed E-state index contributed by atoms with van der Waals surface area (Å²) in [4.78, 5) is 10.6. The highest BCUT2D eigenvalue weighted by Gasteiger charge is 2.23. The maximum absolute atomic E-state index is 10.6. The number of rotatable bonds is 2. The highest BCUT2D eigenvalue weighted by Crippen LogP contribution is 2.10. The molecule has 1 fully saturated rings. The lowest BCUT2D eigenvalue weighted by Crippen LogP contribution is -2.33. The number of hydrogen-bond acceptors (Lipinski definition) is 2. The zero-order valence-corrected chi connectivity index (χ0v) is 4.59. The molecule has 0 radical (unpaired) electrons. The van der Waals surface area contributed by atoms with E-state index in [1.807, 2.05) is 0 Å². The fraction of sp³-hybridized carbons (Fsp3) is 0.500. The molecule has 0 aromatic carbocycles. The van der Waals surface area contributed by atoms with Crippen molar-refractivity contribution in [3.05, 3.63) is 12.7 Å². The van der Waals surface area contributed by atoms with Crippen molar-refractivity contribution >= 4 is 5.78 Å². The van der Waals surface area contributed by atoms with E-state index in [1.54, 1.807) is 0 Å². The van der Waals surface area contributed by atoms with Gasteiger partial charge in [0, 0.05) is 0 Å². The SMILES string of the molecule is C=CC(=O)C1COC1. The van der Waals surface area contributed by atoms with E-state index >= 15 is 0 Å². The summed E-state index contributed by atoms with van der Waals surface area (Å²) >= 11 is 0. The van der Waals surface area contributed by atoms with Crippen LogP contribution < -0.4 is 0 Å². The van der Waals surface area contributed by atoms with Crippen molar-refractivity contribution in [1.82, 2.24) is 0 Å². The van der Waals surface area contributed by atoms with Gasteiger partial charge in [-0.3, -0.25) is 4.79 Å². The first-order valence-corrected chi connectivity index (χ1v) is 2.58. The molecule has 0 unspecified atom stereocenters. The topological polar surface area (TPSA) is 26.3 Å². The summed E-state index contributed by atoms with van der Waals surface area (Å²) in [5, 5.41) is 0. The van der Waals surface area contributed by atoms with Gasteiger partial charge in [0.15, 0.2) is 5.78 Å². The number of ether oxygens (including phenoxy) is 1. The second kappa shape index (κ2) is 2.09. The van der Waals surface area contributed by atoms with Crippen molar-refractivity contribution in [3.63, 3.8) is 0 Å². The Labute approximate surface area is 48.1 Å². The Balaban J connectivity index is 2.34. The standard InChI is InChI=1S/C6H8O2/c1-2-6(7)5-3-8-4-5/h2,5H,1,3-4H2. The van der Waals surface area contributed by atoms with Gasteiger partial charge in [0.05, 0.1) is 19.1 Å². The van der Waals surface area contributed by atoms with E-state index in [0.717, 1.165) is 0 Å². The Kier molecular flexibility index (Phi) is 1.44. The fourth-order valence-corrected chi connectivity index (χ4v) is 0.567. The van der Waals surface area contributed by atoms with E-state index in [-0.39, 0.29) is 11.7 Å². The van der Waals surface area contributed by atoms with Gasteiger partial charge in [0.25, 0.3) is 0 Å². The van der Waals surface area contributed by atoms with Crippen LogP contribution in [0.4, 0.5) is 0 Å². The van der Waals surface area contributed by atoms with Gasteiger partial charge in [0.2, 0.25) is 0 Å². The van der Waals surface area contributed by atoms with Crippen molar-refractivity contribution in [3.8, 4) is 0 Å². The number of ketones is 1. The Morgan fingerprint density at radius 2 is 2.38 bits per heavy atom. The van der Waals surface area contributed by atoms with Crippen LogP contribution in [-0.4, -0.2) is 19.0 Å². The van der Waals surface area contributed by atoms with Gasteiger partial charge in [0.1, 0.15) is 0 Å². The fourth-order valence-electron chi connectivity index (χ4n) is 0.567. The van der Waals surface area contributed by atoms with Gasteiger partial charge in [-0.15, -0.1) is 0 Å². The van der Waals surface area contributed by atoms with Gasteiger partial charge in [-0.05, 0) is 6.08 Å². The van der Waals surface area contributed by atoms with E-state index < -0.39 is 0 Å². The van der Waals surface area contributed by atoms with Gasteiger partial charge in [-0.1, -0.05) is 6.58 Å². The zero-order chi connectivity index (χ0) is 5.98. The first kappa shape index (κ1) is 5.51. The Morgan fingerprint density at radius 3 is 2.50 bits per heavy atom. The first-order chi connectivity index (χ1) is 3.84. The Morgan fingerprint density at radius 1 is 1.75 bits per heavy atom. The Bertz CT molecular complexity index is 114. The van der Waals surface area contributed by atoms with Crippen molar-refractivity contribution in [2.45, 2.75) is 0 Å². The average Bonchev–Trinajstić information content (AvgIpc) is 1.62. The molecule has 0 aromatic heterocycles. The van der Waals surface area contributed by atoms with E-state index in [9.17, 15) is 4.79 Å². The van der Waals surface area contributed by atoms with Gasteiger partial charge in [-0.25, -0.2) is 0 Å². The molecule has 0 amide bonds. The molecular weight excluding hydrogens is 104 g/mol. The molecule has 1 heterocycles. The third kappa shape index (κ3) is 0.793. The van der Waals surface area contributed by atoms with Crippen LogP contribution in [0.2, 0.25) is 0 Å². The minimum Gasteiger partial charge on any atom is -0.380 e. The van der Waals surface area contributed by atoms with Crippen molar-refractivity contribution in [2.24, 2.45) is 5.92 Å². The highest BCUT2D eigenvalue weighted by atomic mass is 16.5. The summed E-state index contributed by atoms with van der Waals surface area (Å²) in [7, 11) is 0. The molecule has 0 atom stereocenters. The molecule has 1 aliphatic heterocycles. The molecule has 0 spiro atoms. The molecule has 0 bridgehead atoms. The predicted molar refractivity (Wildman–Crippen MR) is 29.5 cm³/mol. The maximum Gasteiger partial charge on any atom is 0.162 e. The predicted octanol–water partition coefficient (Wildman–Crippen LogP) is 0.388. The van der Waals surface area contributed by atoms with E-state index in [2.05, 4.69) is 6.58 Å². The highest BCUT2D eigenvalue weighted by molar-refractivity contribution is 5.91. The van der Waals surface area contributed by atoms with Gasteiger partial charge < -0.3 is 4.74 Å². The van der Waals surface area contributed by atoms with Crippen molar-refractivity contribution in [2.75, 3.05) is 13.2 Å². The van der Waals surface area contributed by atoms with Crippen molar-refractivity contribution < 1.29 is 9.53 Å². The molecule has 44 valence electrons. The number of carbonyl (C=O) groups excluding carboxylic acids is 1. The van der Waals surface area contributed by atoms with Gasteiger partial charge >= 0.3 is 0 Å². The van der Waals surface area contributed by atoms with Crippen LogP contribution in [0.5, 0.6) is 0 Å². The normalized spacial score (nSPS) is 19.5. The molecular formula is C6H8O2. The van der Waals surface area contributed by atoms with Gasteiger partial charge in [-0.2, -0.15) is 0 Å². The quantitative estimate of drug-likeness (QED) is 0.483. The summed E-state index contributed by atoms with van der Waals surface area (Å²) in [5.74, 6) is 0.226. The van der Waals surface area contributed by atoms with Crippen LogP contribution >= 0.6 is 0 Å². The van der Waals surface area contributed by atoms with Crippen molar-refractivity contribution in [1.29, 1.82) is 0 Å². The second-order valence-electron chi connectivity index (χ2n) is 1.84. The summed E-state index contributed by atoms with van der Waals surface area (Å²) in [6, 6.07) is 0. The lowest BCUT2D eigenvalue weighted by molar-refractivity contribution is -0.131. The third-order valence-electron chi connectivity index (χ3n) is 1.24. The maximum atomic E-state index is 10.6. The molecule has 0 aliphatic carbocycles. The van der Waals surface area contributed by atoms with Crippen LogP contribution in [0.15, 0.2) is 12.7 Å². The third-order valence-corrected chi connectivity index (χ3v) is 1.24. The monoisotopic (exact) mass is 112 g/mol. The lowest BCUT2D eigenvalue weighted by Gasteiger charge is -2.22. The molecule has 2 nitrogen and oxygen atoms in total. The van der Waals surface area contributed by atoms with E-state index in [0.29, 0.717) is 13.2 Å². The summed E-state index contributed by atoms with van der Waals surface area (Å²) in [6.07, 6.45) is 1.35. The molecule has 1 rings (SSSR count). The molecule has 1 aliphatic rings. The zero-order valence-electron chi connectivity index (χ0n) is 4.59. The minimum atomic E-state index is 0.108.